The van der Waals surface area contributed by atoms with Crippen molar-refractivity contribution in [1.82, 2.24) is 9.55 Å². The molecule has 2 aromatic rings. The predicted octanol–water partition coefficient (Wildman–Crippen LogP) is 3.82. The van der Waals surface area contributed by atoms with Crippen LogP contribution in [0.2, 0.25) is 0 Å². The molecule has 1 atom stereocenters. The highest BCUT2D eigenvalue weighted by molar-refractivity contribution is 6.20. The molecule has 0 radical (unpaired) electrons. The van der Waals surface area contributed by atoms with Crippen LogP contribution in [-0.2, 0) is 13.0 Å². The average molecular weight is 249 g/mol. The molecule has 0 aliphatic carbocycles. The third-order valence-electron chi connectivity index (χ3n) is 2.93. The molecule has 0 bridgehead atoms. The highest BCUT2D eigenvalue weighted by Crippen LogP contribution is 2.25. The number of aryl methyl sites for hydroxylation is 2. The Morgan fingerprint density at radius 3 is 2.76 bits per heavy atom. The van der Waals surface area contributed by atoms with E-state index in [0.29, 0.717) is 0 Å². The van der Waals surface area contributed by atoms with Gasteiger partial charge in [0.05, 0.1) is 5.38 Å². The first-order valence-electron chi connectivity index (χ1n) is 6.00. The van der Waals surface area contributed by atoms with Gasteiger partial charge in [-0.25, -0.2) is 4.98 Å². The zero-order valence-corrected chi connectivity index (χ0v) is 10.8. The summed E-state index contributed by atoms with van der Waals surface area (Å²) in [6.45, 7) is 3.09. The smallest absolute Gasteiger partial charge is 0.108 e. The van der Waals surface area contributed by atoms with Gasteiger partial charge in [-0.1, -0.05) is 30.3 Å². The highest BCUT2D eigenvalue weighted by Gasteiger charge is 2.09. The maximum Gasteiger partial charge on any atom is 0.108 e. The van der Waals surface area contributed by atoms with E-state index in [0.717, 1.165) is 25.2 Å². The number of aromatic nitrogens is 2. The quantitative estimate of drug-likeness (QED) is 0.736. The first kappa shape index (κ1) is 12.2. The Balaban J connectivity index is 1.95. The van der Waals surface area contributed by atoms with E-state index in [4.69, 9.17) is 11.6 Å². The van der Waals surface area contributed by atoms with Crippen molar-refractivity contribution < 1.29 is 0 Å². The van der Waals surface area contributed by atoms with Gasteiger partial charge in [-0.3, -0.25) is 0 Å². The van der Waals surface area contributed by atoms with Gasteiger partial charge in [0.2, 0.25) is 0 Å². The summed E-state index contributed by atoms with van der Waals surface area (Å²) in [7, 11) is 0. The monoisotopic (exact) mass is 248 g/mol. The molecule has 1 unspecified atom stereocenters. The second-order valence-electron chi connectivity index (χ2n) is 4.05. The third kappa shape index (κ3) is 3.10. The molecule has 0 saturated heterocycles. The lowest BCUT2D eigenvalue weighted by Gasteiger charge is -2.10. The maximum absolute atomic E-state index is 6.38. The van der Waals surface area contributed by atoms with E-state index in [1.807, 2.05) is 30.6 Å². The Morgan fingerprint density at radius 1 is 1.29 bits per heavy atom. The minimum atomic E-state index is 0.0678. The van der Waals surface area contributed by atoms with Gasteiger partial charge in [-0.2, -0.15) is 0 Å². The molecule has 1 aromatic carbocycles. The van der Waals surface area contributed by atoms with Gasteiger partial charge in [0, 0.05) is 25.4 Å². The average Bonchev–Trinajstić information content (AvgIpc) is 2.84. The molecule has 1 heterocycles. The fraction of sp³-hybridized carbons (Fsp3) is 0.357. The number of rotatable bonds is 5. The number of imidazole rings is 1. The first-order valence-corrected chi connectivity index (χ1v) is 6.44. The van der Waals surface area contributed by atoms with Gasteiger partial charge in [0.1, 0.15) is 5.82 Å². The van der Waals surface area contributed by atoms with Crippen molar-refractivity contribution in [3.05, 3.63) is 54.1 Å². The molecule has 3 heteroatoms. The lowest BCUT2D eigenvalue weighted by molar-refractivity contribution is 0.662. The number of hydrogen-bond donors (Lipinski definition) is 0. The van der Waals surface area contributed by atoms with Crippen molar-refractivity contribution in [2.24, 2.45) is 0 Å². The normalized spacial score (nSPS) is 12.6. The van der Waals surface area contributed by atoms with Gasteiger partial charge in [-0.15, -0.1) is 11.6 Å². The molecule has 0 saturated carbocycles. The van der Waals surface area contributed by atoms with Crippen molar-refractivity contribution in [2.75, 3.05) is 0 Å². The van der Waals surface area contributed by atoms with Crippen molar-refractivity contribution in [2.45, 2.75) is 31.7 Å². The van der Waals surface area contributed by atoms with Crippen molar-refractivity contribution >= 4 is 11.6 Å². The van der Waals surface area contributed by atoms with E-state index in [1.54, 1.807) is 0 Å². The van der Waals surface area contributed by atoms with E-state index in [-0.39, 0.29) is 5.38 Å². The lowest BCUT2D eigenvalue weighted by atomic mass is 10.1. The fourth-order valence-corrected chi connectivity index (χ4v) is 2.20. The summed E-state index contributed by atoms with van der Waals surface area (Å²) >= 11 is 6.38. The molecule has 0 aliphatic rings. The third-order valence-corrected chi connectivity index (χ3v) is 3.40. The molecule has 1 aromatic heterocycles. The molecule has 0 amide bonds. The van der Waals surface area contributed by atoms with Crippen LogP contribution in [0.3, 0.4) is 0 Å². The summed E-state index contributed by atoms with van der Waals surface area (Å²) in [4.78, 5) is 4.36. The number of alkyl halides is 1. The van der Waals surface area contributed by atoms with Gasteiger partial charge >= 0.3 is 0 Å². The summed E-state index contributed by atoms with van der Waals surface area (Å²) in [6.07, 6.45) is 5.71. The Labute approximate surface area is 107 Å². The second-order valence-corrected chi connectivity index (χ2v) is 4.57. The van der Waals surface area contributed by atoms with Crippen LogP contribution < -0.4 is 0 Å². The summed E-state index contributed by atoms with van der Waals surface area (Å²) < 4.78 is 2.16. The van der Waals surface area contributed by atoms with Crippen LogP contribution in [0.4, 0.5) is 0 Å². The molecule has 0 N–H and O–H groups in total. The van der Waals surface area contributed by atoms with Gasteiger partial charge in [-0.05, 0) is 18.9 Å². The van der Waals surface area contributed by atoms with E-state index in [2.05, 4.69) is 28.6 Å². The number of halogens is 1. The largest absolute Gasteiger partial charge is 0.335 e. The SMILES string of the molecule is CCn1ccnc1CCC(Cl)c1ccccc1. The summed E-state index contributed by atoms with van der Waals surface area (Å²) in [5, 5.41) is 0.0678. The molecule has 0 fully saturated rings. The summed E-state index contributed by atoms with van der Waals surface area (Å²) in [5.74, 6) is 1.12. The predicted molar refractivity (Wildman–Crippen MR) is 71.3 cm³/mol. The Kier molecular flexibility index (Phi) is 4.21. The van der Waals surface area contributed by atoms with Crippen LogP contribution in [0.5, 0.6) is 0 Å². The minimum absolute atomic E-state index is 0.0678. The first-order chi connectivity index (χ1) is 8.31. The Hall–Kier alpha value is -1.28. The number of hydrogen-bond acceptors (Lipinski definition) is 1. The standard InChI is InChI=1S/C14H17ClN2/c1-2-17-11-10-16-14(17)9-8-13(15)12-6-4-3-5-7-12/h3-7,10-11,13H,2,8-9H2,1H3. The van der Waals surface area contributed by atoms with Crippen LogP contribution >= 0.6 is 11.6 Å². The van der Waals surface area contributed by atoms with E-state index in [1.165, 1.54) is 5.56 Å². The van der Waals surface area contributed by atoms with Crippen LogP contribution in [0.15, 0.2) is 42.7 Å². The van der Waals surface area contributed by atoms with Crippen LogP contribution in [0, 0.1) is 0 Å². The van der Waals surface area contributed by atoms with Gasteiger partial charge in [0.15, 0.2) is 0 Å². The second kappa shape index (κ2) is 5.87. The minimum Gasteiger partial charge on any atom is -0.335 e. The fourth-order valence-electron chi connectivity index (χ4n) is 1.94. The molecule has 17 heavy (non-hydrogen) atoms. The Bertz CT molecular complexity index is 450. The molecular weight excluding hydrogens is 232 g/mol. The summed E-state index contributed by atoms with van der Waals surface area (Å²) in [6, 6.07) is 10.2. The van der Waals surface area contributed by atoms with Gasteiger partial charge in [0.25, 0.3) is 0 Å². The van der Waals surface area contributed by atoms with Gasteiger partial charge < -0.3 is 4.57 Å². The van der Waals surface area contributed by atoms with Crippen LogP contribution in [-0.4, -0.2) is 9.55 Å². The maximum atomic E-state index is 6.38. The summed E-state index contributed by atoms with van der Waals surface area (Å²) in [5.41, 5.74) is 1.18. The number of nitrogens with zero attached hydrogens (tertiary/aromatic N) is 2. The Morgan fingerprint density at radius 2 is 2.06 bits per heavy atom. The van der Waals surface area contributed by atoms with E-state index >= 15 is 0 Å². The van der Waals surface area contributed by atoms with E-state index < -0.39 is 0 Å². The molecule has 0 aliphatic heterocycles. The van der Waals surface area contributed by atoms with Crippen molar-refractivity contribution in [3.8, 4) is 0 Å². The molecule has 2 rings (SSSR count). The number of benzene rings is 1. The van der Waals surface area contributed by atoms with Crippen LogP contribution in [0.1, 0.15) is 30.1 Å². The van der Waals surface area contributed by atoms with Crippen molar-refractivity contribution in [1.29, 1.82) is 0 Å². The van der Waals surface area contributed by atoms with Crippen LogP contribution in [0.25, 0.3) is 0 Å². The van der Waals surface area contributed by atoms with E-state index in [9.17, 15) is 0 Å². The molecular formula is C14H17ClN2. The zero-order valence-electron chi connectivity index (χ0n) is 10.0. The molecule has 90 valence electrons. The molecule has 2 nitrogen and oxygen atoms in total. The lowest BCUT2D eigenvalue weighted by Crippen LogP contribution is -2.02. The topological polar surface area (TPSA) is 17.8 Å². The zero-order chi connectivity index (χ0) is 12.1. The molecule has 0 spiro atoms. The highest BCUT2D eigenvalue weighted by atomic mass is 35.5. The van der Waals surface area contributed by atoms with Crippen molar-refractivity contribution in [3.63, 3.8) is 0 Å².